The van der Waals surface area contributed by atoms with Crippen molar-refractivity contribution in [3.05, 3.63) is 51.1 Å². The van der Waals surface area contributed by atoms with Crippen molar-refractivity contribution in [2.24, 2.45) is 0 Å². The molecule has 0 aliphatic heterocycles. The number of benzene rings is 2. The van der Waals surface area contributed by atoms with Crippen LogP contribution in [0.2, 0.25) is 0 Å². The Bertz CT molecular complexity index is 872. The number of methoxy groups -OCH3 is 2. The molecule has 0 saturated heterocycles. The molecule has 0 unspecified atom stereocenters. The molecule has 2 aromatic carbocycles. The van der Waals surface area contributed by atoms with Crippen LogP contribution >= 0.6 is 22.6 Å². The van der Waals surface area contributed by atoms with Gasteiger partial charge in [0.15, 0.2) is 11.5 Å². The van der Waals surface area contributed by atoms with Gasteiger partial charge in [-0.15, -0.1) is 0 Å². The molecule has 7 heteroatoms. The highest BCUT2D eigenvalue weighted by molar-refractivity contribution is 14.1. The standard InChI is InChI=1S/C18H15IN2O4/c1-24-14-5-3-4-13(9-14)21-18(23)12(10-20)6-11-7-15(19)17(22)16(8-11)25-2/h3-9,22H,1-2H3,(H,21,23)/b12-6+. The van der Waals surface area contributed by atoms with Crippen LogP contribution in [0.5, 0.6) is 17.2 Å². The van der Waals surface area contributed by atoms with Crippen LogP contribution < -0.4 is 14.8 Å². The van der Waals surface area contributed by atoms with Gasteiger partial charge in [0.1, 0.15) is 17.4 Å². The van der Waals surface area contributed by atoms with Crippen molar-refractivity contribution < 1.29 is 19.4 Å². The Morgan fingerprint density at radius 3 is 2.68 bits per heavy atom. The van der Waals surface area contributed by atoms with Gasteiger partial charge in [0, 0.05) is 11.8 Å². The fraction of sp³-hybridized carbons (Fsp3) is 0.111. The molecule has 1 amide bonds. The lowest BCUT2D eigenvalue weighted by atomic mass is 10.1. The maximum absolute atomic E-state index is 12.3. The Kier molecular flexibility index (Phi) is 6.25. The van der Waals surface area contributed by atoms with Crippen molar-refractivity contribution in [3.8, 4) is 23.3 Å². The quantitative estimate of drug-likeness (QED) is 0.413. The summed E-state index contributed by atoms with van der Waals surface area (Å²) in [5, 5.41) is 21.8. The number of nitrogens with one attached hydrogen (secondary N) is 1. The van der Waals surface area contributed by atoms with Crippen molar-refractivity contribution in [3.63, 3.8) is 0 Å². The van der Waals surface area contributed by atoms with E-state index < -0.39 is 5.91 Å². The average Bonchev–Trinajstić information content (AvgIpc) is 2.62. The monoisotopic (exact) mass is 450 g/mol. The Balaban J connectivity index is 2.29. The minimum Gasteiger partial charge on any atom is -0.504 e. The molecule has 0 fully saturated rings. The van der Waals surface area contributed by atoms with Gasteiger partial charge in [-0.05, 0) is 58.5 Å². The summed E-state index contributed by atoms with van der Waals surface area (Å²) in [6.45, 7) is 0. The summed E-state index contributed by atoms with van der Waals surface area (Å²) >= 11 is 1.94. The molecule has 0 aromatic heterocycles. The van der Waals surface area contributed by atoms with Crippen LogP contribution in [0.4, 0.5) is 5.69 Å². The first-order valence-electron chi connectivity index (χ1n) is 7.12. The van der Waals surface area contributed by atoms with Crippen molar-refractivity contribution >= 4 is 40.3 Å². The number of nitrogens with zero attached hydrogens (tertiary/aromatic N) is 1. The van der Waals surface area contributed by atoms with E-state index in [4.69, 9.17) is 9.47 Å². The third-order valence-corrected chi connectivity index (χ3v) is 4.10. The van der Waals surface area contributed by atoms with Gasteiger partial charge in [-0.2, -0.15) is 5.26 Å². The summed E-state index contributed by atoms with van der Waals surface area (Å²) < 4.78 is 10.7. The normalized spacial score (nSPS) is 10.7. The van der Waals surface area contributed by atoms with Gasteiger partial charge in [0.25, 0.3) is 5.91 Å². The largest absolute Gasteiger partial charge is 0.504 e. The van der Waals surface area contributed by atoms with Gasteiger partial charge in [-0.25, -0.2) is 0 Å². The van der Waals surface area contributed by atoms with Crippen molar-refractivity contribution in [1.29, 1.82) is 5.26 Å². The number of carbonyl (C=O) groups is 1. The fourth-order valence-corrected chi connectivity index (χ4v) is 2.67. The van der Waals surface area contributed by atoms with Gasteiger partial charge in [-0.3, -0.25) is 4.79 Å². The highest BCUT2D eigenvalue weighted by atomic mass is 127. The molecule has 2 N–H and O–H groups in total. The molecule has 128 valence electrons. The van der Waals surface area contributed by atoms with Crippen molar-refractivity contribution in [1.82, 2.24) is 0 Å². The number of phenolic OH excluding ortho intramolecular Hbond substituents is 1. The number of carbonyl (C=O) groups excluding carboxylic acids is 1. The SMILES string of the molecule is COc1cccc(NC(=O)/C(C#N)=C/c2cc(I)c(O)c(OC)c2)c1. The molecular weight excluding hydrogens is 435 g/mol. The number of anilines is 1. The third kappa shape index (κ3) is 4.64. The minimum atomic E-state index is -0.544. The first kappa shape index (κ1) is 18.6. The van der Waals surface area contributed by atoms with Crippen LogP contribution in [0.1, 0.15) is 5.56 Å². The van der Waals surface area contributed by atoms with E-state index in [0.29, 0.717) is 20.6 Å². The summed E-state index contributed by atoms with van der Waals surface area (Å²) in [7, 11) is 2.96. The first-order valence-corrected chi connectivity index (χ1v) is 8.20. The van der Waals surface area contributed by atoms with E-state index >= 15 is 0 Å². The van der Waals surface area contributed by atoms with E-state index in [1.807, 2.05) is 28.7 Å². The highest BCUT2D eigenvalue weighted by Gasteiger charge is 2.12. The molecule has 6 nitrogen and oxygen atoms in total. The van der Waals surface area contributed by atoms with E-state index in [1.165, 1.54) is 20.3 Å². The Labute approximate surface area is 158 Å². The number of hydrogen-bond acceptors (Lipinski definition) is 5. The van der Waals surface area contributed by atoms with Gasteiger partial charge in [0.2, 0.25) is 0 Å². The number of hydrogen-bond donors (Lipinski definition) is 2. The second-order valence-electron chi connectivity index (χ2n) is 4.91. The molecule has 2 aromatic rings. The molecular formula is C18H15IN2O4. The molecule has 0 aliphatic rings. The average molecular weight is 450 g/mol. The van der Waals surface area contributed by atoms with Crippen LogP contribution in [0.3, 0.4) is 0 Å². The van der Waals surface area contributed by atoms with E-state index in [-0.39, 0.29) is 17.1 Å². The number of phenols is 1. The molecule has 0 atom stereocenters. The van der Waals surface area contributed by atoms with Gasteiger partial charge >= 0.3 is 0 Å². The molecule has 0 bridgehead atoms. The summed E-state index contributed by atoms with van der Waals surface area (Å²) in [6.07, 6.45) is 1.43. The number of aromatic hydroxyl groups is 1. The maximum atomic E-state index is 12.3. The number of rotatable bonds is 5. The van der Waals surface area contributed by atoms with Crippen LogP contribution in [0, 0.1) is 14.9 Å². The molecule has 0 spiro atoms. The highest BCUT2D eigenvalue weighted by Crippen LogP contribution is 2.33. The van der Waals surface area contributed by atoms with Gasteiger partial charge in [-0.1, -0.05) is 6.07 Å². The smallest absolute Gasteiger partial charge is 0.266 e. The Morgan fingerprint density at radius 2 is 2.04 bits per heavy atom. The van der Waals surface area contributed by atoms with Crippen molar-refractivity contribution in [2.45, 2.75) is 0 Å². The second-order valence-corrected chi connectivity index (χ2v) is 6.07. The van der Waals surface area contributed by atoms with Crippen molar-refractivity contribution in [2.75, 3.05) is 19.5 Å². The molecule has 0 radical (unpaired) electrons. The number of halogens is 1. The van der Waals surface area contributed by atoms with E-state index in [1.54, 1.807) is 36.4 Å². The second kappa shape index (κ2) is 8.39. The molecule has 2 rings (SSSR count). The number of nitriles is 1. The zero-order valence-electron chi connectivity index (χ0n) is 13.5. The van der Waals surface area contributed by atoms with Crippen LogP contribution in [-0.4, -0.2) is 25.2 Å². The number of ether oxygens (including phenoxy) is 2. The van der Waals surface area contributed by atoms with Gasteiger partial charge in [0.05, 0.1) is 17.8 Å². The predicted octanol–water partition coefficient (Wildman–Crippen LogP) is 3.56. The van der Waals surface area contributed by atoms with Crippen LogP contribution in [-0.2, 0) is 4.79 Å². The Hall–Kier alpha value is -2.73. The maximum Gasteiger partial charge on any atom is 0.266 e. The summed E-state index contributed by atoms with van der Waals surface area (Å²) in [5.74, 6) is 0.333. The topological polar surface area (TPSA) is 91.6 Å². The lowest BCUT2D eigenvalue weighted by Gasteiger charge is -2.08. The van der Waals surface area contributed by atoms with E-state index in [0.717, 1.165) is 0 Å². The van der Waals surface area contributed by atoms with Crippen LogP contribution in [0.15, 0.2) is 42.0 Å². The third-order valence-electron chi connectivity index (χ3n) is 3.27. The molecule has 0 saturated carbocycles. The van der Waals surface area contributed by atoms with E-state index in [2.05, 4.69) is 5.32 Å². The predicted molar refractivity (Wildman–Crippen MR) is 103 cm³/mol. The van der Waals surface area contributed by atoms with E-state index in [9.17, 15) is 15.2 Å². The fourth-order valence-electron chi connectivity index (χ4n) is 2.05. The zero-order valence-corrected chi connectivity index (χ0v) is 15.7. The summed E-state index contributed by atoms with van der Waals surface area (Å²) in [6, 6.07) is 11.9. The summed E-state index contributed by atoms with van der Waals surface area (Å²) in [5.41, 5.74) is 1.01. The first-order chi connectivity index (χ1) is 12.0. The molecule has 0 heterocycles. The van der Waals surface area contributed by atoms with Gasteiger partial charge < -0.3 is 19.9 Å². The Morgan fingerprint density at radius 1 is 1.28 bits per heavy atom. The number of amides is 1. The zero-order chi connectivity index (χ0) is 18.4. The van der Waals surface area contributed by atoms with Crippen LogP contribution in [0.25, 0.3) is 6.08 Å². The summed E-state index contributed by atoms with van der Waals surface area (Å²) in [4.78, 5) is 12.3. The molecule has 0 aliphatic carbocycles. The molecule has 25 heavy (non-hydrogen) atoms. The lowest BCUT2D eigenvalue weighted by Crippen LogP contribution is -2.13. The lowest BCUT2D eigenvalue weighted by molar-refractivity contribution is -0.112. The minimum absolute atomic E-state index is 0.0135.